The lowest BCUT2D eigenvalue weighted by Crippen LogP contribution is -2.28. The summed E-state index contributed by atoms with van der Waals surface area (Å²) in [4.78, 5) is 17.8. The molecule has 5 nitrogen and oxygen atoms in total. The number of carbonyl (C=O) groups excluding carboxylic acids is 1. The molecular formula is C29H28N4O. The molecule has 3 aromatic carbocycles. The van der Waals surface area contributed by atoms with E-state index in [9.17, 15) is 4.79 Å². The lowest BCUT2D eigenvalue weighted by molar-refractivity contribution is 0.0938. The first-order valence-electron chi connectivity index (χ1n) is 11.7. The lowest BCUT2D eigenvalue weighted by Gasteiger charge is -2.17. The first-order valence-corrected chi connectivity index (χ1v) is 11.7. The van der Waals surface area contributed by atoms with E-state index in [1.807, 2.05) is 38.2 Å². The van der Waals surface area contributed by atoms with Gasteiger partial charge in [-0.05, 0) is 47.2 Å². The van der Waals surface area contributed by atoms with Crippen molar-refractivity contribution in [3.8, 4) is 11.1 Å². The Labute approximate surface area is 199 Å². The Morgan fingerprint density at radius 2 is 1.65 bits per heavy atom. The van der Waals surface area contributed by atoms with Gasteiger partial charge in [0.05, 0.1) is 23.5 Å². The molecule has 0 radical (unpaired) electrons. The Balaban J connectivity index is 1.44. The molecule has 0 saturated heterocycles. The second-order valence-electron chi connectivity index (χ2n) is 9.09. The van der Waals surface area contributed by atoms with Crippen LogP contribution in [-0.2, 0) is 0 Å². The largest absolute Gasteiger partial charge is 0.345 e. The molecule has 0 aliphatic carbocycles. The summed E-state index contributed by atoms with van der Waals surface area (Å²) in [6.45, 7) is 8.28. The van der Waals surface area contributed by atoms with Crippen LogP contribution in [0.25, 0.3) is 27.5 Å². The summed E-state index contributed by atoms with van der Waals surface area (Å²) >= 11 is 0. The fourth-order valence-electron chi connectivity index (χ4n) is 4.50. The molecule has 1 N–H and O–H groups in total. The van der Waals surface area contributed by atoms with Gasteiger partial charge in [-0.25, -0.2) is 9.50 Å². The van der Waals surface area contributed by atoms with Gasteiger partial charge >= 0.3 is 0 Å². The number of benzene rings is 3. The van der Waals surface area contributed by atoms with Crippen LogP contribution >= 0.6 is 0 Å². The summed E-state index contributed by atoms with van der Waals surface area (Å²) < 4.78 is 1.75. The number of aromatic nitrogens is 3. The van der Waals surface area contributed by atoms with E-state index >= 15 is 0 Å². The van der Waals surface area contributed by atoms with Crippen molar-refractivity contribution in [2.75, 3.05) is 0 Å². The maximum absolute atomic E-state index is 13.2. The third-order valence-corrected chi connectivity index (χ3v) is 6.54. The second-order valence-corrected chi connectivity index (χ2v) is 9.09. The van der Waals surface area contributed by atoms with Crippen molar-refractivity contribution in [1.82, 2.24) is 19.9 Å². The number of hydrogen-bond acceptors (Lipinski definition) is 3. The van der Waals surface area contributed by atoms with Gasteiger partial charge in [-0.2, -0.15) is 5.10 Å². The fraction of sp³-hybridized carbons (Fsp3) is 0.207. The van der Waals surface area contributed by atoms with Gasteiger partial charge in [0.2, 0.25) is 0 Å². The van der Waals surface area contributed by atoms with Gasteiger partial charge in [-0.15, -0.1) is 0 Å². The zero-order chi connectivity index (χ0) is 23.8. The van der Waals surface area contributed by atoms with Crippen LogP contribution in [0.3, 0.4) is 0 Å². The SMILES string of the molecule is Cc1c(C(=O)N[C@H](C)c2cccc3ccccc23)cnc2c(-c3ccc(C(C)C)cc3)cnn12. The summed E-state index contributed by atoms with van der Waals surface area (Å²) in [6.07, 6.45) is 3.48. The van der Waals surface area contributed by atoms with Gasteiger partial charge < -0.3 is 5.32 Å². The van der Waals surface area contributed by atoms with Crippen molar-refractivity contribution in [3.05, 3.63) is 102 Å². The summed E-state index contributed by atoms with van der Waals surface area (Å²) in [5.41, 5.74) is 6.42. The molecule has 5 heteroatoms. The van der Waals surface area contributed by atoms with E-state index in [1.165, 1.54) is 5.56 Å². The summed E-state index contributed by atoms with van der Waals surface area (Å²) in [7, 11) is 0. The van der Waals surface area contributed by atoms with Crippen molar-refractivity contribution in [1.29, 1.82) is 0 Å². The summed E-state index contributed by atoms with van der Waals surface area (Å²) in [5.74, 6) is 0.321. The number of carbonyl (C=O) groups is 1. The molecule has 2 heterocycles. The zero-order valence-electron chi connectivity index (χ0n) is 19.9. The summed E-state index contributed by atoms with van der Waals surface area (Å²) in [5, 5.41) is 9.99. The molecule has 1 atom stereocenters. The van der Waals surface area contributed by atoms with Crippen LogP contribution < -0.4 is 5.32 Å². The molecule has 0 spiro atoms. The molecule has 0 bridgehead atoms. The zero-order valence-corrected chi connectivity index (χ0v) is 19.9. The average Bonchev–Trinajstić information content (AvgIpc) is 3.29. The maximum atomic E-state index is 13.2. The van der Waals surface area contributed by atoms with Gasteiger partial charge in [0.15, 0.2) is 5.65 Å². The predicted molar refractivity (Wildman–Crippen MR) is 137 cm³/mol. The molecule has 0 aliphatic heterocycles. The van der Waals surface area contributed by atoms with Gasteiger partial charge in [0.25, 0.3) is 5.91 Å². The Bertz CT molecular complexity index is 1490. The third kappa shape index (κ3) is 3.83. The van der Waals surface area contributed by atoms with Crippen LogP contribution in [0.4, 0.5) is 0 Å². The smallest absolute Gasteiger partial charge is 0.255 e. The minimum Gasteiger partial charge on any atom is -0.345 e. The van der Waals surface area contributed by atoms with E-state index in [0.717, 1.165) is 38.8 Å². The van der Waals surface area contributed by atoms with Crippen LogP contribution in [-0.4, -0.2) is 20.5 Å². The van der Waals surface area contributed by atoms with Gasteiger partial charge in [-0.3, -0.25) is 4.79 Å². The standard InChI is InChI=1S/C29H28N4O/c1-18(2)21-12-14-23(15-13-21)27-17-31-33-20(4)26(16-30-28(27)33)29(34)32-19(3)24-11-7-9-22-8-5-6-10-25(22)24/h5-19H,1-4H3,(H,32,34)/t19-/m1/s1. The van der Waals surface area contributed by atoms with Gasteiger partial charge in [-0.1, -0.05) is 80.6 Å². The molecule has 5 rings (SSSR count). The van der Waals surface area contributed by atoms with Crippen LogP contribution in [0.5, 0.6) is 0 Å². The molecule has 0 aliphatic rings. The molecule has 0 fully saturated rings. The second kappa shape index (κ2) is 8.75. The number of fused-ring (bicyclic) bond motifs is 2. The lowest BCUT2D eigenvalue weighted by atomic mass is 9.99. The fourth-order valence-corrected chi connectivity index (χ4v) is 4.50. The van der Waals surface area contributed by atoms with Crippen molar-refractivity contribution in [3.63, 3.8) is 0 Å². The minimum atomic E-state index is -0.161. The highest BCUT2D eigenvalue weighted by Gasteiger charge is 2.19. The Morgan fingerprint density at radius 1 is 0.912 bits per heavy atom. The number of rotatable bonds is 5. The number of nitrogens with one attached hydrogen (secondary N) is 1. The van der Waals surface area contributed by atoms with E-state index < -0.39 is 0 Å². The molecule has 0 saturated carbocycles. The monoisotopic (exact) mass is 448 g/mol. The highest BCUT2D eigenvalue weighted by atomic mass is 16.1. The Hall–Kier alpha value is -3.99. The van der Waals surface area contributed by atoms with Crippen molar-refractivity contribution in [2.45, 2.75) is 39.7 Å². The Morgan fingerprint density at radius 3 is 2.41 bits per heavy atom. The predicted octanol–water partition coefficient (Wildman–Crippen LogP) is 6.47. The van der Waals surface area contributed by atoms with Crippen LogP contribution in [0.15, 0.2) is 79.1 Å². The van der Waals surface area contributed by atoms with Gasteiger partial charge in [0, 0.05) is 11.8 Å². The number of aryl methyl sites for hydroxylation is 1. The molecule has 0 unspecified atom stereocenters. The highest BCUT2D eigenvalue weighted by Crippen LogP contribution is 2.27. The van der Waals surface area contributed by atoms with Crippen LogP contribution in [0.1, 0.15) is 59.9 Å². The summed E-state index contributed by atoms with van der Waals surface area (Å²) in [6, 6.07) is 22.7. The number of amides is 1. The van der Waals surface area contributed by atoms with Gasteiger partial charge in [0.1, 0.15) is 0 Å². The molecule has 2 aromatic heterocycles. The first kappa shape index (κ1) is 21.8. The van der Waals surface area contributed by atoms with E-state index in [-0.39, 0.29) is 11.9 Å². The quantitative estimate of drug-likeness (QED) is 0.335. The van der Waals surface area contributed by atoms with Crippen molar-refractivity contribution >= 4 is 22.3 Å². The Kier molecular flexibility index (Phi) is 5.62. The molecule has 1 amide bonds. The van der Waals surface area contributed by atoms with E-state index in [2.05, 4.69) is 77.8 Å². The third-order valence-electron chi connectivity index (χ3n) is 6.54. The van der Waals surface area contributed by atoms with Crippen LogP contribution in [0, 0.1) is 6.92 Å². The highest BCUT2D eigenvalue weighted by molar-refractivity contribution is 5.96. The topological polar surface area (TPSA) is 59.3 Å². The first-order chi connectivity index (χ1) is 16.4. The molecule has 5 aromatic rings. The van der Waals surface area contributed by atoms with E-state index in [1.54, 1.807) is 10.7 Å². The molecular weight excluding hydrogens is 420 g/mol. The van der Waals surface area contributed by atoms with Crippen molar-refractivity contribution in [2.24, 2.45) is 0 Å². The van der Waals surface area contributed by atoms with E-state index in [0.29, 0.717) is 11.5 Å². The molecule has 170 valence electrons. The minimum absolute atomic E-state index is 0.152. The van der Waals surface area contributed by atoms with E-state index in [4.69, 9.17) is 0 Å². The number of nitrogens with zero attached hydrogens (tertiary/aromatic N) is 3. The molecule has 34 heavy (non-hydrogen) atoms. The van der Waals surface area contributed by atoms with Crippen molar-refractivity contribution < 1.29 is 4.79 Å². The average molecular weight is 449 g/mol. The normalized spacial score (nSPS) is 12.4. The number of hydrogen-bond donors (Lipinski definition) is 1. The van der Waals surface area contributed by atoms with Crippen LogP contribution in [0.2, 0.25) is 0 Å². The maximum Gasteiger partial charge on any atom is 0.255 e.